The van der Waals surface area contributed by atoms with Crippen molar-refractivity contribution in [3.63, 3.8) is 0 Å². The van der Waals surface area contributed by atoms with Gasteiger partial charge in [-0.2, -0.15) is 0 Å². The molecule has 0 unspecified atom stereocenters. The molecule has 1 amide bonds. The Balaban J connectivity index is 1.36. The Morgan fingerprint density at radius 3 is 2.48 bits per heavy atom. The maximum Gasteiger partial charge on any atom is 0.258 e. The molecule has 1 fully saturated rings. The van der Waals surface area contributed by atoms with Crippen LogP contribution >= 0.6 is 12.2 Å². The first kappa shape index (κ1) is 19.5. The molecular weight excluding hydrogens is 382 g/mol. The van der Waals surface area contributed by atoms with Crippen LogP contribution < -0.4 is 15.5 Å². The van der Waals surface area contributed by atoms with Gasteiger partial charge in [-0.15, -0.1) is 0 Å². The highest BCUT2D eigenvalue weighted by Crippen LogP contribution is 2.18. The van der Waals surface area contributed by atoms with Crippen LogP contribution in [0.15, 0.2) is 66.7 Å². The molecule has 3 aromatic rings. The molecule has 5 nitrogen and oxygen atoms in total. The van der Waals surface area contributed by atoms with Crippen LogP contribution in [-0.4, -0.2) is 37.3 Å². The van der Waals surface area contributed by atoms with Crippen molar-refractivity contribution in [2.75, 3.05) is 31.6 Å². The minimum Gasteiger partial charge on any atom is -0.370 e. The number of nitrogens with one attached hydrogen (secondary N) is 3. The third kappa shape index (κ3) is 4.98. The summed E-state index contributed by atoms with van der Waals surface area (Å²) in [7, 11) is 0. The van der Waals surface area contributed by atoms with Gasteiger partial charge in [-0.1, -0.05) is 48.5 Å². The van der Waals surface area contributed by atoms with Crippen LogP contribution in [-0.2, 0) is 11.3 Å². The van der Waals surface area contributed by atoms with Crippen molar-refractivity contribution in [2.45, 2.75) is 6.54 Å². The molecule has 1 saturated heterocycles. The van der Waals surface area contributed by atoms with Gasteiger partial charge in [-0.25, -0.2) is 0 Å². The summed E-state index contributed by atoms with van der Waals surface area (Å²) in [6.07, 6.45) is 0. The van der Waals surface area contributed by atoms with E-state index in [2.05, 4.69) is 22.8 Å². The number of amides is 1. The van der Waals surface area contributed by atoms with E-state index < -0.39 is 0 Å². The fourth-order valence-electron chi connectivity index (χ4n) is 3.59. The van der Waals surface area contributed by atoms with Crippen LogP contribution in [0.5, 0.6) is 0 Å². The molecule has 0 atom stereocenters. The summed E-state index contributed by atoms with van der Waals surface area (Å²) >= 11 is 5.34. The van der Waals surface area contributed by atoms with Gasteiger partial charge in [-0.3, -0.25) is 10.1 Å². The molecule has 0 bridgehead atoms. The molecule has 0 aromatic heterocycles. The topological polar surface area (TPSA) is 54.8 Å². The predicted molar refractivity (Wildman–Crippen MR) is 119 cm³/mol. The number of benzene rings is 3. The molecule has 0 spiro atoms. The number of ether oxygens (including phenoxy) is 1. The number of fused-ring (bicyclic) bond motifs is 1. The maximum absolute atomic E-state index is 12.7. The van der Waals surface area contributed by atoms with Crippen LogP contribution in [0.4, 0.5) is 5.69 Å². The van der Waals surface area contributed by atoms with Crippen LogP contribution in [0.3, 0.4) is 0 Å². The number of morpholine rings is 1. The molecule has 29 heavy (non-hydrogen) atoms. The van der Waals surface area contributed by atoms with E-state index in [4.69, 9.17) is 17.0 Å². The van der Waals surface area contributed by atoms with E-state index in [1.165, 1.54) is 10.5 Å². The van der Waals surface area contributed by atoms with Gasteiger partial charge in [0.2, 0.25) is 0 Å². The predicted octanol–water partition coefficient (Wildman–Crippen LogP) is 2.38. The lowest BCUT2D eigenvalue weighted by Gasteiger charge is -2.23. The van der Waals surface area contributed by atoms with E-state index >= 15 is 0 Å². The summed E-state index contributed by atoms with van der Waals surface area (Å²) in [5.41, 5.74) is 2.74. The van der Waals surface area contributed by atoms with Gasteiger partial charge in [0.15, 0.2) is 5.11 Å². The molecular formula is C23H24N3O2S+. The molecule has 1 aliphatic heterocycles. The monoisotopic (exact) mass is 406 g/mol. The highest BCUT2D eigenvalue weighted by atomic mass is 32.1. The second kappa shape index (κ2) is 9.13. The largest absolute Gasteiger partial charge is 0.370 e. The van der Waals surface area contributed by atoms with E-state index in [1.54, 1.807) is 0 Å². The summed E-state index contributed by atoms with van der Waals surface area (Å²) < 4.78 is 5.41. The van der Waals surface area contributed by atoms with Gasteiger partial charge < -0.3 is 15.0 Å². The molecule has 6 heteroatoms. The Morgan fingerprint density at radius 2 is 1.69 bits per heavy atom. The zero-order valence-electron chi connectivity index (χ0n) is 16.1. The van der Waals surface area contributed by atoms with Gasteiger partial charge in [0.25, 0.3) is 5.91 Å². The van der Waals surface area contributed by atoms with E-state index in [-0.39, 0.29) is 11.0 Å². The van der Waals surface area contributed by atoms with Crippen LogP contribution in [0.2, 0.25) is 0 Å². The molecule has 4 rings (SSSR count). The van der Waals surface area contributed by atoms with Crippen molar-refractivity contribution in [3.8, 4) is 0 Å². The normalized spacial score (nSPS) is 14.5. The van der Waals surface area contributed by atoms with E-state index in [0.717, 1.165) is 49.3 Å². The number of thiocarbonyl (C=S) groups is 1. The van der Waals surface area contributed by atoms with Crippen LogP contribution in [0.25, 0.3) is 10.8 Å². The summed E-state index contributed by atoms with van der Waals surface area (Å²) in [6.45, 7) is 4.75. The standard InChI is InChI=1S/C23H23N3O2S/c27-22(21-7-3-5-18-4-1-2-6-20(18)21)25-23(29)24-19-10-8-17(9-11-19)16-26-12-14-28-15-13-26/h1-11H,12-16H2,(H2,24,25,27,29)/p+1. The van der Waals surface area contributed by atoms with E-state index in [9.17, 15) is 4.79 Å². The smallest absolute Gasteiger partial charge is 0.258 e. The first-order valence-electron chi connectivity index (χ1n) is 9.79. The van der Waals surface area contributed by atoms with Crippen LogP contribution in [0, 0.1) is 0 Å². The zero-order valence-corrected chi connectivity index (χ0v) is 16.9. The first-order valence-corrected chi connectivity index (χ1v) is 10.2. The van der Waals surface area contributed by atoms with Gasteiger partial charge in [0.1, 0.15) is 19.6 Å². The second-order valence-corrected chi connectivity index (χ2v) is 7.58. The minimum atomic E-state index is -0.216. The molecule has 3 aromatic carbocycles. The average Bonchev–Trinajstić information content (AvgIpc) is 2.75. The lowest BCUT2D eigenvalue weighted by atomic mass is 10.0. The van der Waals surface area contributed by atoms with Gasteiger partial charge in [0, 0.05) is 16.8 Å². The molecule has 1 aliphatic rings. The van der Waals surface area contributed by atoms with Crippen molar-refractivity contribution in [1.29, 1.82) is 0 Å². The summed E-state index contributed by atoms with van der Waals surface area (Å²) in [6, 6.07) is 21.7. The number of carbonyl (C=O) groups is 1. The van der Waals surface area contributed by atoms with Gasteiger partial charge in [-0.05, 0) is 41.2 Å². The zero-order chi connectivity index (χ0) is 20.1. The van der Waals surface area contributed by atoms with Crippen molar-refractivity contribution >= 4 is 39.7 Å². The fourth-order valence-corrected chi connectivity index (χ4v) is 3.80. The lowest BCUT2D eigenvalue weighted by Crippen LogP contribution is -3.12. The number of rotatable bonds is 4. The summed E-state index contributed by atoms with van der Waals surface area (Å²) in [5, 5.41) is 8.09. The number of hydrogen-bond acceptors (Lipinski definition) is 3. The fraction of sp³-hybridized carbons (Fsp3) is 0.217. The summed E-state index contributed by atoms with van der Waals surface area (Å²) in [4.78, 5) is 14.2. The Hall–Kier alpha value is -2.80. The van der Waals surface area contributed by atoms with E-state index in [1.807, 2.05) is 54.6 Å². The Morgan fingerprint density at radius 1 is 0.966 bits per heavy atom. The van der Waals surface area contributed by atoms with Crippen molar-refractivity contribution in [3.05, 3.63) is 77.9 Å². The molecule has 1 heterocycles. The average molecular weight is 407 g/mol. The van der Waals surface area contributed by atoms with Crippen molar-refractivity contribution in [2.24, 2.45) is 0 Å². The highest BCUT2D eigenvalue weighted by Gasteiger charge is 2.14. The third-order valence-corrected chi connectivity index (χ3v) is 5.33. The second-order valence-electron chi connectivity index (χ2n) is 7.17. The Kier molecular flexibility index (Phi) is 6.14. The molecule has 0 saturated carbocycles. The highest BCUT2D eigenvalue weighted by molar-refractivity contribution is 7.80. The molecule has 148 valence electrons. The lowest BCUT2D eigenvalue weighted by molar-refractivity contribution is -0.921. The number of carbonyl (C=O) groups excluding carboxylic acids is 1. The number of hydrogen-bond donors (Lipinski definition) is 3. The Bertz CT molecular complexity index is 1010. The third-order valence-electron chi connectivity index (χ3n) is 5.13. The van der Waals surface area contributed by atoms with Gasteiger partial charge in [0.05, 0.1) is 13.2 Å². The number of anilines is 1. The quantitative estimate of drug-likeness (QED) is 0.583. The molecule has 0 aliphatic carbocycles. The Labute approximate surface area is 175 Å². The van der Waals surface area contributed by atoms with E-state index in [0.29, 0.717) is 5.56 Å². The minimum absolute atomic E-state index is 0.216. The molecule has 3 N–H and O–H groups in total. The maximum atomic E-state index is 12.7. The SMILES string of the molecule is O=C(NC(=S)Nc1ccc(C[NH+]2CCOCC2)cc1)c1cccc2ccccc12. The summed E-state index contributed by atoms with van der Waals surface area (Å²) in [5.74, 6) is -0.216. The molecule has 0 radical (unpaired) electrons. The van der Waals surface area contributed by atoms with Crippen molar-refractivity contribution < 1.29 is 14.4 Å². The number of quaternary nitrogens is 1. The van der Waals surface area contributed by atoms with Crippen molar-refractivity contribution in [1.82, 2.24) is 5.32 Å². The van der Waals surface area contributed by atoms with Crippen LogP contribution in [0.1, 0.15) is 15.9 Å². The first-order chi connectivity index (χ1) is 14.2. The van der Waals surface area contributed by atoms with Gasteiger partial charge >= 0.3 is 0 Å².